The first-order valence-electron chi connectivity index (χ1n) is 6.48. The SMILES string of the molecule is O=c1c2ccccc2cc2n1CCCCCC2. The van der Waals surface area contributed by atoms with E-state index in [9.17, 15) is 4.79 Å². The van der Waals surface area contributed by atoms with Gasteiger partial charge in [-0.15, -0.1) is 0 Å². The molecule has 0 aliphatic carbocycles. The van der Waals surface area contributed by atoms with Gasteiger partial charge in [0.25, 0.3) is 5.56 Å². The zero-order valence-corrected chi connectivity index (χ0v) is 9.98. The molecule has 2 heteroatoms. The first kappa shape index (κ1) is 10.6. The van der Waals surface area contributed by atoms with E-state index in [0.29, 0.717) is 0 Å². The van der Waals surface area contributed by atoms with Gasteiger partial charge in [-0.2, -0.15) is 0 Å². The molecule has 3 rings (SSSR count). The van der Waals surface area contributed by atoms with Crippen molar-refractivity contribution in [1.29, 1.82) is 0 Å². The van der Waals surface area contributed by atoms with Gasteiger partial charge in [0, 0.05) is 17.6 Å². The van der Waals surface area contributed by atoms with Crippen molar-refractivity contribution in [3.05, 3.63) is 46.4 Å². The highest BCUT2D eigenvalue weighted by molar-refractivity contribution is 5.81. The Labute approximate surface area is 101 Å². The quantitative estimate of drug-likeness (QED) is 0.677. The number of hydrogen-bond acceptors (Lipinski definition) is 1. The molecule has 0 saturated heterocycles. The van der Waals surface area contributed by atoms with E-state index in [2.05, 4.69) is 6.07 Å². The number of hydrogen-bond donors (Lipinski definition) is 0. The first-order valence-corrected chi connectivity index (χ1v) is 6.48. The summed E-state index contributed by atoms with van der Waals surface area (Å²) >= 11 is 0. The molecule has 0 saturated carbocycles. The summed E-state index contributed by atoms with van der Waals surface area (Å²) in [6, 6.07) is 10.1. The number of aryl methyl sites for hydroxylation is 1. The Morgan fingerprint density at radius 3 is 2.76 bits per heavy atom. The van der Waals surface area contributed by atoms with Crippen molar-refractivity contribution in [2.45, 2.75) is 38.6 Å². The lowest BCUT2D eigenvalue weighted by atomic mass is 10.0. The highest BCUT2D eigenvalue weighted by Gasteiger charge is 2.10. The van der Waals surface area contributed by atoms with Crippen molar-refractivity contribution in [3.8, 4) is 0 Å². The molecule has 88 valence electrons. The van der Waals surface area contributed by atoms with E-state index >= 15 is 0 Å². The predicted octanol–water partition coefficient (Wildman–Crippen LogP) is 3.12. The van der Waals surface area contributed by atoms with Crippen LogP contribution in [0.15, 0.2) is 35.1 Å². The molecule has 2 aromatic rings. The second-order valence-corrected chi connectivity index (χ2v) is 4.84. The van der Waals surface area contributed by atoms with Crippen molar-refractivity contribution < 1.29 is 0 Å². The maximum Gasteiger partial charge on any atom is 0.258 e. The monoisotopic (exact) mass is 227 g/mol. The molecule has 0 unspecified atom stereocenters. The van der Waals surface area contributed by atoms with Crippen molar-refractivity contribution >= 4 is 10.8 Å². The van der Waals surface area contributed by atoms with Gasteiger partial charge in [-0.1, -0.05) is 31.0 Å². The van der Waals surface area contributed by atoms with Gasteiger partial charge < -0.3 is 4.57 Å². The lowest BCUT2D eigenvalue weighted by molar-refractivity contribution is 0.511. The molecular formula is C15H17NO. The Balaban J connectivity index is 2.25. The van der Waals surface area contributed by atoms with Crippen LogP contribution in [0.5, 0.6) is 0 Å². The van der Waals surface area contributed by atoms with Crippen LogP contribution in [0.25, 0.3) is 10.8 Å². The molecule has 0 fully saturated rings. The van der Waals surface area contributed by atoms with E-state index in [-0.39, 0.29) is 5.56 Å². The minimum Gasteiger partial charge on any atom is -0.312 e. The molecule has 0 bridgehead atoms. The van der Waals surface area contributed by atoms with E-state index in [0.717, 1.165) is 30.2 Å². The smallest absolute Gasteiger partial charge is 0.258 e. The van der Waals surface area contributed by atoms with Gasteiger partial charge in [0.1, 0.15) is 0 Å². The summed E-state index contributed by atoms with van der Waals surface area (Å²) in [5, 5.41) is 1.95. The fourth-order valence-electron chi connectivity index (χ4n) is 2.73. The molecule has 17 heavy (non-hydrogen) atoms. The fourth-order valence-corrected chi connectivity index (χ4v) is 2.73. The molecule has 0 amide bonds. The third-order valence-corrected chi connectivity index (χ3v) is 3.67. The van der Waals surface area contributed by atoms with E-state index in [1.807, 2.05) is 28.8 Å². The van der Waals surface area contributed by atoms with Gasteiger partial charge in [0.05, 0.1) is 0 Å². The summed E-state index contributed by atoms with van der Waals surface area (Å²) in [6.07, 6.45) is 5.92. The van der Waals surface area contributed by atoms with Crippen LogP contribution in [0.1, 0.15) is 31.4 Å². The van der Waals surface area contributed by atoms with E-state index in [1.54, 1.807) is 0 Å². The number of benzene rings is 1. The lowest BCUT2D eigenvalue weighted by Gasteiger charge is -2.17. The standard InChI is InChI=1S/C15H17NO/c17-15-14-9-5-4-7-12(14)11-13-8-3-1-2-6-10-16(13)15/h4-5,7,9,11H,1-3,6,8,10H2. The molecule has 1 aromatic heterocycles. The topological polar surface area (TPSA) is 22.0 Å². The second kappa shape index (κ2) is 4.36. The van der Waals surface area contributed by atoms with Gasteiger partial charge in [-0.25, -0.2) is 0 Å². The number of aromatic nitrogens is 1. The van der Waals surface area contributed by atoms with Crippen LogP contribution in [-0.4, -0.2) is 4.57 Å². The zero-order valence-electron chi connectivity index (χ0n) is 9.98. The van der Waals surface area contributed by atoms with Gasteiger partial charge in [-0.05, 0) is 36.8 Å². The van der Waals surface area contributed by atoms with Gasteiger partial charge >= 0.3 is 0 Å². The number of fused-ring (bicyclic) bond motifs is 2. The molecule has 2 nitrogen and oxygen atoms in total. The number of pyridine rings is 1. The molecule has 0 spiro atoms. The Morgan fingerprint density at radius 2 is 1.82 bits per heavy atom. The fraction of sp³-hybridized carbons (Fsp3) is 0.400. The first-order chi connectivity index (χ1) is 8.36. The van der Waals surface area contributed by atoms with Crippen LogP contribution >= 0.6 is 0 Å². The van der Waals surface area contributed by atoms with E-state index < -0.39 is 0 Å². The molecule has 1 aliphatic heterocycles. The maximum absolute atomic E-state index is 12.4. The van der Waals surface area contributed by atoms with Gasteiger partial charge in [0.2, 0.25) is 0 Å². The van der Waals surface area contributed by atoms with Crippen molar-refractivity contribution in [2.24, 2.45) is 0 Å². The van der Waals surface area contributed by atoms with E-state index in [1.165, 1.54) is 25.0 Å². The summed E-state index contributed by atoms with van der Waals surface area (Å²) in [7, 11) is 0. The van der Waals surface area contributed by atoms with E-state index in [4.69, 9.17) is 0 Å². The van der Waals surface area contributed by atoms with Crippen LogP contribution in [0.4, 0.5) is 0 Å². The lowest BCUT2D eigenvalue weighted by Crippen LogP contribution is -2.24. The zero-order chi connectivity index (χ0) is 11.7. The minimum atomic E-state index is 0.194. The summed E-state index contributed by atoms with van der Waals surface area (Å²) in [5.74, 6) is 0. The Hall–Kier alpha value is -1.57. The molecule has 1 aromatic carbocycles. The molecule has 0 N–H and O–H groups in total. The summed E-state index contributed by atoms with van der Waals surface area (Å²) in [6.45, 7) is 0.888. The number of rotatable bonds is 0. The third-order valence-electron chi connectivity index (χ3n) is 3.67. The molecular weight excluding hydrogens is 210 g/mol. The largest absolute Gasteiger partial charge is 0.312 e. The molecule has 2 heterocycles. The molecule has 0 radical (unpaired) electrons. The van der Waals surface area contributed by atoms with Gasteiger partial charge in [0.15, 0.2) is 0 Å². The van der Waals surface area contributed by atoms with Crippen LogP contribution in [0, 0.1) is 0 Å². The summed E-state index contributed by atoms with van der Waals surface area (Å²) in [5.41, 5.74) is 1.41. The average molecular weight is 227 g/mol. The molecule has 1 aliphatic rings. The summed E-state index contributed by atoms with van der Waals surface area (Å²) in [4.78, 5) is 12.4. The Morgan fingerprint density at radius 1 is 1.00 bits per heavy atom. The van der Waals surface area contributed by atoms with Gasteiger partial charge in [-0.3, -0.25) is 4.79 Å². The van der Waals surface area contributed by atoms with Crippen molar-refractivity contribution in [2.75, 3.05) is 0 Å². The third kappa shape index (κ3) is 1.88. The molecule has 0 atom stereocenters. The highest BCUT2D eigenvalue weighted by atomic mass is 16.1. The van der Waals surface area contributed by atoms with Crippen molar-refractivity contribution in [1.82, 2.24) is 4.57 Å². The second-order valence-electron chi connectivity index (χ2n) is 4.84. The summed E-state index contributed by atoms with van der Waals surface area (Å²) < 4.78 is 1.99. The van der Waals surface area contributed by atoms with Crippen molar-refractivity contribution in [3.63, 3.8) is 0 Å². The Bertz CT molecular complexity index is 597. The Kier molecular flexibility index (Phi) is 2.71. The predicted molar refractivity (Wildman–Crippen MR) is 70.4 cm³/mol. The average Bonchev–Trinajstić information content (AvgIpc) is 2.32. The maximum atomic E-state index is 12.4. The van der Waals surface area contributed by atoms with Crippen LogP contribution < -0.4 is 5.56 Å². The van der Waals surface area contributed by atoms with Crippen LogP contribution in [0.3, 0.4) is 0 Å². The highest BCUT2D eigenvalue weighted by Crippen LogP contribution is 2.17. The normalized spacial score (nSPS) is 16.2. The number of nitrogens with zero attached hydrogens (tertiary/aromatic N) is 1. The van der Waals surface area contributed by atoms with Crippen LogP contribution in [0.2, 0.25) is 0 Å². The minimum absolute atomic E-state index is 0.194. The van der Waals surface area contributed by atoms with Crippen LogP contribution in [-0.2, 0) is 13.0 Å².